The largest absolute Gasteiger partial charge is 0.444 e. The fourth-order valence-corrected chi connectivity index (χ4v) is 3.40. The fourth-order valence-electron chi connectivity index (χ4n) is 2.61. The lowest BCUT2D eigenvalue weighted by Gasteiger charge is -2.23. The van der Waals surface area contributed by atoms with Crippen LogP contribution < -0.4 is 10.6 Å². The summed E-state index contributed by atoms with van der Waals surface area (Å²) in [6.07, 6.45) is 0.0685. The van der Waals surface area contributed by atoms with E-state index in [9.17, 15) is 9.59 Å². The molecule has 0 bridgehead atoms. The van der Waals surface area contributed by atoms with Gasteiger partial charge in [-0.2, -0.15) is 0 Å². The Labute approximate surface area is 182 Å². The molecule has 28 heavy (non-hydrogen) atoms. The molecule has 1 unspecified atom stereocenters. The standard InChI is InChI=1S/C20H25Br2N3O3/c1-20(2,3)28-19(27)23-12-14(10-13-8-6-5-7-9-13)24-18(26)16-11-15(21)17(22)25(16)4/h5-9,11,14H,10,12H2,1-4H3,(H,23,27)(H,24,26). The number of rotatable bonds is 6. The summed E-state index contributed by atoms with van der Waals surface area (Å²) in [6.45, 7) is 5.67. The number of carbonyl (C=O) groups excluding carboxylic acids is 2. The van der Waals surface area contributed by atoms with Crippen LogP contribution in [0.1, 0.15) is 36.8 Å². The average molecular weight is 515 g/mol. The molecule has 0 radical (unpaired) electrons. The van der Waals surface area contributed by atoms with Crippen molar-refractivity contribution in [2.24, 2.45) is 7.05 Å². The highest BCUT2D eigenvalue weighted by atomic mass is 79.9. The van der Waals surface area contributed by atoms with Crippen LogP contribution in [-0.4, -0.2) is 34.8 Å². The summed E-state index contributed by atoms with van der Waals surface area (Å²) in [5.74, 6) is -0.221. The predicted octanol–water partition coefficient (Wildman–Crippen LogP) is 4.42. The van der Waals surface area contributed by atoms with E-state index in [0.29, 0.717) is 12.1 Å². The van der Waals surface area contributed by atoms with Crippen molar-refractivity contribution in [3.63, 3.8) is 0 Å². The molecule has 2 aromatic rings. The van der Waals surface area contributed by atoms with Gasteiger partial charge in [0.05, 0.1) is 15.1 Å². The van der Waals surface area contributed by atoms with Gasteiger partial charge in [0.1, 0.15) is 11.3 Å². The Kier molecular flexibility index (Phi) is 7.71. The van der Waals surface area contributed by atoms with Gasteiger partial charge < -0.3 is 19.9 Å². The van der Waals surface area contributed by atoms with E-state index in [1.165, 1.54) is 0 Å². The molecular weight excluding hydrogens is 490 g/mol. The number of carbonyl (C=O) groups is 2. The maximum absolute atomic E-state index is 12.8. The summed E-state index contributed by atoms with van der Waals surface area (Å²) in [5.41, 5.74) is 0.992. The van der Waals surface area contributed by atoms with E-state index in [1.54, 1.807) is 38.5 Å². The molecule has 2 rings (SSSR count). The quantitative estimate of drug-likeness (QED) is 0.599. The smallest absolute Gasteiger partial charge is 0.407 e. The van der Waals surface area contributed by atoms with Crippen molar-refractivity contribution in [1.29, 1.82) is 0 Å². The van der Waals surface area contributed by atoms with Crippen molar-refractivity contribution in [2.75, 3.05) is 6.54 Å². The monoisotopic (exact) mass is 513 g/mol. The Morgan fingerprint density at radius 1 is 1.18 bits per heavy atom. The van der Waals surface area contributed by atoms with E-state index >= 15 is 0 Å². The van der Waals surface area contributed by atoms with Crippen LogP contribution in [-0.2, 0) is 18.2 Å². The van der Waals surface area contributed by atoms with Crippen LogP contribution in [0.4, 0.5) is 4.79 Å². The Morgan fingerprint density at radius 2 is 1.82 bits per heavy atom. The second-order valence-electron chi connectivity index (χ2n) is 7.47. The van der Waals surface area contributed by atoms with Crippen LogP contribution in [0.5, 0.6) is 0 Å². The third-order valence-electron chi connectivity index (χ3n) is 3.90. The van der Waals surface area contributed by atoms with Gasteiger partial charge in [-0.25, -0.2) is 4.79 Å². The first-order chi connectivity index (χ1) is 13.1. The van der Waals surface area contributed by atoms with Crippen LogP contribution in [0.15, 0.2) is 45.5 Å². The third-order valence-corrected chi connectivity index (χ3v) is 6.00. The first-order valence-electron chi connectivity index (χ1n) is 8.89. The number of hydrogen-bond acceptors (Lipinski definition) is 3. The Morgan fingerprint density at radius 3 is 2.36 bits per heavy atom. The van der Waals surface area contributed by atoms with E-state index < -0.39 is 11.7 Å². The highest BCUT2D eigenvalue weighted by Crippen LogP contribution is 2.26. The summed E-state index contributed by atoms with van der Waals surface area (Å²) >= 11 is 6.84. The van der Waals surface area contributed by atoms with Gasteiger partial charge in [-0.15, -0.1) is 0 Å². The van der Waals surface area contributed by atoms with Crippen LogP contribution in [0.3, 0.4) is 0 Å². The van der Waals surface area contributed by atoms with Gasteiger partial charge in [0.25, 0.3) is 5.91 Å². The molecule has 0 aliphatic rings. The molecule has 8 heteroatoms. The summed E-state index contributed by atoms with van der Waals surface area (Å²) in [6, 6.07) is 11.3. The van der Waals surface area contributed by atoms with Crippen molar-refractivity contribution in [3.05, 3.63) is 56.7 Å². The SMILES string of the molecule is Cn1c(C(=O)NC(CNC(=O)OC(C)(C)C)Cc2ccccc2)cc(Br)c1Br. The summed E-state index contributed by atoms with van der Waals surface area (Å²) < 4.78 is 8.62. The molecule has 2 amide bonds. The molecule has 0 saturated carbocycles. The van der Waals surface area contributed by atoms with Gasteiger partial charge in [-0.05, 0) is 70.7 Å². The average Bonchev–Trinajstić information content (AvgIpc) is 2.86. The Balaban J connectivity index is 2.10. The molecule has 0 fully saturated rings. The normalized spacial score (nSPS) is 12.4. The molecule has 2 N–H and O–H groups in total. The second-order valence-corrected chi connectivity index (χ2v) is 9.08. The van der Waals surface area contributed by atoms with Gasteiger partial charge in [0.15, 0.2) is 0 Å². The number of nitrogens with zero attached hydrogens (tertiary/aromatic N) is 1. The number of alkyl carbamates (subject to hydrolysis) is 1. The lowest BCUT2D eigenvalue weighted by Crippen LogP contribution is -2.46. The summed E-state index contributed by atoms with van der Waals surface area (Å²) in [4.78, 5) is 24.8. The predicted molar refractivity (Wildman–Crippen MR) is 116 cm³/mol. The molecule has 1 aromatic heterocycles. The maximum Gasteiger partial charge on any atom is 0.407 e. The van der Waals surface area contributed by atoms with Gasteiger partial charge in [-0.1, -0.05) is 30.3 Å². The molecule has 0 saturated heterocycles. The van der Waals surface area contributed by atoms with Crippen molar-refractivity contribution in [2.45, 2.75) is 38.8 Å². The van der Waals surface area contributed by atoms with Gasteiger partial charge >= 0.3 is 6.09 Å². The molecule has 1 heterocycles. The van der Waals surface area contributed by atoms with Gasteiger partial charge in [0, 0.05) is 13.6 Å². The van der Waals surface area contributed by atoms with Crippen molar-refractivity contribution in [1.82, 2.24) is 15.2 Å². The second kappa shape index (κ2) is 9.60. The molecular formula is C20H25Br2N3O3. The number of hydrogen-bond donors (Lipinski definition) is 2. The highest BCUT2D eigenvalue weighted by Gasteiger charge is 2.21. The number of benzene rings is 1. The van der Waals surface area contributed by atoms with Gasteiger partial charge in [0.2, 0.25) is 0 Å². The third kappa shape index (κ3) is 6.67. The summed E-state index contributed by atoms with van der Waals surface area (Å²) in [7, 11) is 1.80. The number of ether oxygens (including phenoxy) is 1. The summed E-state index contributed by atoms with van der Waals surface area (Å²) in [5, 5.41) is 5.76. The highest BCUT2D eigenvalue weighted by molar-refractivity contribution is 9.13. The van der Waals surface area contributed by atoms with Gasteiger partial charge in [-0.3, -0.25) is 4.79 Å². The number of aromatic nitrogens is 1. The molecule has 0 aliphatic carbocycles. The van der Waals surface area contributed by atoms with E-state index in [2.05, 4.69) is 42.5 Å². The minimum absolute atomic E-state index is 0.221. The molecule has 0 spiro atoms. The van der Waals surface area contributed by atoms with Crippen molar-refractivity contribution in [3.8, 4) is 0 Å². The molecule has 1 atom stereocenters. The zero-order valence-corrected chi connectivity index (χ0v) is 19.6. The molecule has 152 valence electrons. The molecule has 1 aromatic carbocycles. The minimum atomic E-state index is -0.580. The Bertz CT molecular complexity index is 829. The first-order valence-corrected chi connectivity index (χ1v) is 10.5. The van der Waals surface area contributed by atoms with E-state index in [1.807, 2.05) is 30.3 Å². The first kappa shape index (κ1) is 22.5. The van der Waals surface area contributed by atoms with E-state index in [4.69, 9.17) is 4.74 Å². The molecule has 0 aliphatic heterocycles. The number of amides is 2. The van der Waals surface area contributed by atoms with Crippen LogP contribution >= 0.6 is 31.9 Å². The fraction of sp³-hybridized carbons (Fsp3) is 0.400. The lowest BCUT2D eigenvalue weighted by atomic mass is 10.1. The van der Waals surface area contributed by atoms with Crippen LogP contribution in [0.25, 0.3) is 0 Å². The zero-order valence-electron chi connectivity index (χ0n) is 16.4. The van der Waals surface area contributed by atoms with Crippen LogP contribution in [0.2, 0.25) is 0 Å². The van der Waals surface area contributed by atoms with Crippen molar-refractivity contribution < 1.29 is 14.3 Å². The van der Waals surface area contributed by atoms with Crippen molar-refractivity contribution >= 4 is 43.9 Å². The van der Waals surface area contributed by atoms with E-state index in [0.717, 1.165) is 14.6 Å². The zero-order chi connectivity index (χ0) is 20.9. The van der Waals surface area contributed by atoms with Crippen LogP contribution in [0, 0.1) is 0 Å². The lowest BCUT2D eigenvalue weighted by molar-refractivity contribution is 0.0519. The van der Waals surface area contributed by atoms with E-state index in [-0.39, 0.29) is 18.5 Å². The minimum Gasteiger partial charge on any atom is -0.444 e. The topological polar surface area (TPSA) is 72.4 Å². The molecule has 6 nitrogen and oxygen atoms in total. The number of halogens is 2. The maximum atomic E-state index is 12.8. The number of nitrogens with one attached hydrogen (secondary N) is 2. The Hall–Kier alpha value is -1.80.